The summed E-state index contributed by atoms with van der Waals surface area (Å²) in [7, 11) is 0. The average Bonchev–Trinajstić information content (AvgIpc) is 2.41. The summed E-state index contributed by atoms with van der Waals surface area (Å²) in [6, 6.07) is 4.42. The standard InChI is InChI=1S/C15H25N3/c1-3-14(12-7-5-4-6-8-12)18-15-13(16)10-9-11(2)17-15/h9-10,12,14H,3-8,16H2,1-2H3,(H,17,18). The summed E-state index contributed by atoms with van der Waals surface area (Å²) in [6.45, 7) is 4.25. The van der Waals surface area contributed by atoms with Gasteiger partial charge in [0.1, 0.15) is 5.82 Å². The maximum Gasteiger partial charge on any atom is 0.149 e. The molecule has 1 aromatic heterocycles. The van der Waals surface area contributed by atoms with Gasteiger partial charge in [0.2, 0.25) is 0 Å². The van der Waals surface area contributed by atoms with Gasteiger partial charge < -0.3 is 11.1 Å². The summed E-state index contributed by atoms with van der Waals surface area (Å²) in [6.07, 6.45) is 7.98. The van der Waals surface area contributed by atoms with Gasteiger partial charge in [0.25, 0.3) is 0 Å². The first-order valence-corrected chi connectivity index (χ1v) is 7.20. The highest BCUT2D eigenvalue weighted by Gasteiger charge is 2.22. The Balaban J connectivity index is 2.06. The molecule has 3 heteroatoms. The molecule has 0 amide bonds. The maximum absolute atomic E-state index is 6.00. The van der Waals surface area contributed by atoms with Gasteiger partial charge in [-0.15, -0.1) is 0 Å². The first kappa shape index (κ1) is 13.2. The third-order valence-corrected chi connectivity index (χ3v) is 4.05. The van der Waals surface area contributed by atoms with Crippen LogP contribution >= 0.6 is 0 Å². The molecule has 1 aromatic rings. The van der Waals surface area contributed by atoms with Gasteiger partial charge in [0, 0.05) is 11.7 Å². The first-order chi connectivity index (χ1) is 8.70. The molecule has 0 saturated heterocycles. The fraction of sp³-hybridized carbons (Fsp3) is 0.667. The molecule has 1 atom stereocenters. The van der Waals surface area contributed by atoms with Crippen LogP contribution in [-0.4, -0.2) is 11.0 Å². The van der Waals surface area contributed by atoms with Gasteiger partial charge in [-0.1, -0.05) is 26.2 Å². The molecular formula is C15H25N3. The van der Waals surface area contributed by atoms with Gasteiger partial charge in [0.05, 0.1) is 5.69 Å². The Morgan fingerprint density at radius 3 is 2.72 bits per heavy atom. The van der Waals surface area contributed by atoms with E-state index in [4.69, 9.17) is 5.73 Å². The summed E-state index contributed by atoms with van der Waals surface area (Å²) in [4.78, 5) is 4.52. The van der Waals surface area contributed by atoms with E-state index >= 15 is 0 Å². The zero-order valence-electron chi connectivity index (χ0n) is 11.6. The molecule has 0 spiro atoms. The summed E-state index contributed by atoms with van der Waals surface area (Å²) in [5.41, 5.74) is 7.77. The van der Waals surface area contributed by atoms with Crippen LogP contribution in [0.2, 0.25) is 0 Å². The van der Waals surface area contributed by atoms with Crippen LogP contribution in [0.4, 0.5) is 11.5 Å². The van der Waals surface area contributed by atoms with Gasteiger partial charge in [-0.05, 0) is 44.2 Å². The lowest BCUT2D eigenvalue weighted by Crippen LogP contribution is -2.30. The topological polar surface area (TPSA) is 50.9 Å². The Bertz CT molecular complexity index is 383. The van der Waals surface area contributed by atoms with E-state index in [2.05, 4.69) is 17.2 Å². The number of pyridine rings is 1. The van der Waals surface area contributed by atoms with Crippen LogP contribution in [-0.2, 0) is 0 Å². The second-order valence-corrected chi connectivity index (χ2v) is 5.45. The molecule has 0 radical (unpaired) electrons. The average molecular weight is 247 g/mol. The second-order valence-electron chi connectivity index (χ2n) is 5.45. The Kier molecular flexibility index (Phi) is 4.45. The molecule has 2 rings (SSSR count). The lowest BCUT2D eigenvalue weighted by atomic mass is 9.83. The highest BCUT2D eigenvalue weighted by atomic mass is 15.0. The fourth-order valence-electron chi connectivity index (χ4n) is 2.95. The van der Waals surface area contributed by atoms with Crippen molar-refractivity contribution in [2.75, 3.05) is 11.1 Å². The molecule has 0 aliphatic heterocycles. The quantitative estimate of drug-likeness (QED) is 0.852. The zero-order chi connectivity index (χ0) is 13.0. The van der Waals surface area contributed by atoms with Crippen LogP contribution in [0, 0.1) is 12.8 Å². The normalized spacial score (nSPS) is 18.6. The number of aromatic nitrogens is 1. The Hall–Kier alpha value is -1.25. The summed E-state index contributed by atoms with van der Waals surface area (Å²) >= 11 is 0. The molecule has 1 heterocycles. The minimum atomic E-state index is 0.516. The minimum absolute atomic E-state index is 0.516. The number of hydrogen-bond acceptors (Lipinski definition) is 3. The van der Waals surface area contributed by atoms with Crippen molar-refractivity contribution in [1.82, 2.24) is 4.98 Å². The predicted molar refractivity (Wildman–Crippen MR) is 77.7 cm³/mol. The minimum Gasteiger partial charge on any atom is -0.396 e. The van der Waals surface area contributed by atoms with E-state index in [1.165, 1.54) is 32.1 Å². The number of nitrogens with one attached hydrogen (secondary N) is 1. The molecule has 1 unspecified atom stereocenters. The predicted octanol–water partition coefficient (Wildman–Crippen LogP) is 3.74. The van der Waals surface area contributed by atoms with E-state index in [0.717, 1.165) is 29.5 Å². The second kappa shape index (κ2) is 6.07. The molecule has 3 N–H and O–H groups in total. The third kappa shape index (κ3) is 3.15. The summed E-state index contributed by atoms with van der Waals surface area (Å²) in [5, 5.41) is 3.57. The van der Waals surface area contributed by atoms with Crippen molar-refractivity contribution < 1.29 is 0 Å². The van der Waals surface area contributed by atoms with Gasteiger partial charge in [-0.25, -0.2) is 4.98 Å². The van der Waals surface area contributed by atoms with E-state index in [-0.39, 0.29) is 0 Å². The number of anilines is 2. The van der Waals surface area contributed by atoms with Crippen LogP contribution in [0.3, 0.4) is 0 Å². The van der Waals surface area contributed by atoms with E-state index < -0.39 is 0 Å². The number of nitrogens with zero attached hydrogens (tertiary/aromatic N) is 1. The molecule has 0 aromatic carbocycles. The number of hydrogen-bond donors (Lipinski definition) is 2. The molecule has 1 aliphatic rings. The number of nitrogen functional groups attached to an aromatic ring is 1. The van der Waals surface area contributed by atoms with Crippen molar-refractivity contribution in [3.63, 3.8) is 0 Å². The fourth-order valence-corrected chi connectivity index (χ4v) is 2.95. The van der Waals surface area contributed by atoms with Gasteiger partial charge in [-0.3, -0.25) is 0 Å². The van der Waals surface area contributed by atoms with Gasteiger partial charge >= 0.3 is 0 Å². The van der Waals surface area contributed by atoms with Crippen LogP contribution in [0.5, 0.6) is 0 Å². The summed E-state index contributed by atoms with van der Waals surface area (Å²) < 4.78 is 0. The van der Waals surface area contributed by atoms with Gasteiger partial charge in [0.15, 0.2) is 0 Å². The molecule has 100 valence electrons. The molecule has 3 nitrogen and oxygen atoms in total. The van der Waals surface area contributed by atoms with E-state index in [1.807, 2.05) is 19.1 Å². The summed E-state index contributed by atoms with van der Waals surface area (Å²) in [5.74, 6) is 1.65. The van der Waals surface area contributed by atoms with Crippen LogP contribution < -0.4 is 11.1 Å². The lowest BCUT2D eigenvalue weighted by Gasteiger charge is -2.31. The van der Waals surface area contributed by atoms with Crippen LogP contribution in [0.1, 0.15) is 51.1 Å². The largest absolute Gasteiger partial charge is 0.396 e. The maximum atomic E-state index is 6.00. The van der Waals surface area contributed by atoms with Crippen molar-refractivity contribution >= 4 is 11.5 Å². The lowest BCUT2D eigenvalue weighted by molar-refractivity contribution is 0.312. The Morgan fingerprint density at radius 1 is 1.33 bits per heavy atom. The third-order valence-electron chi connectivity index (χ3n) is 4.05. The van der Waals surface area contributed by atoms with Crippen molar-refractivity contribution in [2.24, 2.45) is 5.92 Å². The molecule has 18 heavy (non-hydrogen) atoms. The molecule has 1 fully saturated rings. The van der Waals surface area contributed by atoms with Gasteiger partial charge in [-0.2, -0.15) is 0 Å². The van der Waals surface area contributed by atoms with E-state index in [9.17, 15) is 0 Å². The van der Waals surface area contributed by atoms with Crippen molar-refractivity contribution in [3.8, 4) is 0 Å². The van der Waals surface area contributed by atoms with Crippen LogP contribution in [0.25, 0.3) is 0 Å². The SMILES string of the molecule is CCC(Nc1nc(C)ccc1N)C1CCCCC1. The molecule has 1 aliphatic carbocycles. The highest BCUT2D eigenvalue weighted by Crippen LogP contribution is 2.30. The Labute approximate surface area is 110 Å². The number of nitrogens with two attached hydrogens (primary N) is 1. The smallest absolute Gasteiger partial charge is 0.149 e. The van der Waals surface area contributed by atoms with Crippen molar-refractivity contribution in [1.29, 1.82) is 0 Å². The highest BCUT2D eigenvalue weighted by molar-refractivity contribution is 5.61. The Morgan fingerprint density at radius 2 is 2.06 bits per heavy atom. The number of aryl methyl sites for hydroxylation is 1. The van der Waals surface area contributed by atoms with Crippen LogP contribution in [0.15, 0.2) is 12.1 Å². The monoisotopic (exact) mass is 247 g/mol. The first-order valence-electron chi connectivity index (χ1n) is 7.20. The van der Waals surface area contributed by atoms with Crippen molar-refractivity contribution in [2.45, 2.75) is 58.4 Å². The molecule has 0 bridgehead atoms. The van der Waals surface area contributed by atoms with E-state index in [1.54, 1.807) is 0 Å². The molecular weight excluding hydrogens is 222 g/mol. The van der Waals surface area contributed by atoms with Crippen molar-refractivity contribution in [3.05, 3.63) is 17.8 Å². The zero-order valence-corrected chi connectivity index (χ0v) is 11.6. The molecule has 1 saturated carbocycles. The van der Waals surface area contributed by atoms with E-state index in [0.29, 0.717) is 6.04 Å². The number of rotatable bonds is 4.